The van der Waals surface area contributed by atoms with Crippen LogP contribution in [0.25, 0.3) is 0 Å². The van der Waals surface area contributed by atoms with E-state index in [0.29, 0.717) is 30.4 Å². The van der Waals surface area contributed by atoms with E-state index in [1.807, 2.05) is 23.3 Å². The number of carbonyl (C=O) groups is 2. The van der Waals surface area contributed by atoms with Crippen molar-refractivity contribution in [3.05, 3.63) is 39.2 Å². The maximum atomic E-state index is 12.6. The van der Waals surface area contributed by atoms with Crippen molar-refractivity contribution in [2.45, 2.75) is 32.6 Å². The first-order chi connectivity index (χ1) is 11.9. The second-order valence-electron chi connectivity index (χ2n) is 6.66. The minimum atomic E-state index is -0.145. The quantitative estimate of drug-likeness (QED) is 0.843. The summed E-state index contributed by atoms with van der Waals surface area (Å²) in [5, 5.41) is 1.95. The van der Waals surface area contributed by atoms with Crippen LogP contribution in [0.5, 0.6) is 0 Å². The largest absolute Gasteiger partial charge is 0.445 e. The van der Waals surface area contributed by atoms with Crippen LogP contribution in [0.3, 0.4) is 0 Å². The molecule has 7 heteroatoms. The maximum absolute atomic E-state index is 12.6. The zero-order valence-corrected chi connectivity index (χ0v) is 15.9. The summed E-state index contributed by atoms with van der Waals surface area (Å²) in [4.78, 5) is 33.4. The summed E-state index contributed by atoms with van der Waals surface area (Å²) in [7, 11) is 3.40. The van der Waals surface area contributed by atoms with Gasteiger partial charge >= 0.3 is 0 Å². The molecule has 0 unspecified atom stereocenters. The lowest BCUT2D eigenvalue weighted by atomic mass is 9.96. The van der Waals surface area contributed by atoms with Crippen molar-refractivity contribution in [2.24, 2.45) is 0 Å². The van der Waals surface area contributed by atoms with E-state index in [4.69, 9.17) is 4.42 Å². The summed E-state index contributed by atoms with van der Waals surface area (Å²) in [6.45, 7) is 5.10. The van der Waals surface area contributed by atoms with Crippen LogP contribution < -0.4 is 0 Å². The van der Waals surface area contributed by atoms with E-state index in [1.54, 1.807) is 21.0 Å². The Morgan fingerprint density at radius 1 is 1.28 bits per heavy atom. The Hall–Kier alpha value is -2.15. The topological polar surface area (TPSA) is 66.7 Å². The third kappa shape index (κ3) is 3.46. The van der Waals surface area contributed by atoms with Crippen LogP contribution >= 0.6 is 11.3 Å². The summed E-state index contributed by atoms with van der Waals surface area (Å²) in [6.07, 6.45) is 1.59. The Morgan fingerprint density at radius 2 is 1.96 bits per heavy atom. The van der Waals surface area contributed by atoms with Gasteiger partial charge in [-0.15, -0.1) is 11.3 Å². The molecule has 0 radical (unpaired) electrons. The fourth-order valence-electron chi connectivity index (χ4n) is 3.07. The number of likely N-dealkylation sites (tertiary alicyclic amines) is 1. The van der Waals surface area contributed by atoms with Crippen molar-refractivity contribution in [3.8, 4) is 0 Å². The normalized spacial score (nSPS) is 15.4. The van der Waals surface area contributed by atoms with Crippen LogP contribution in [0.15, 0.2) is 15.9 Å². The zero-order chi connectivity index (χ0) is 18.1. The first-order valence-corrected chi connectivity index (χ1v) is 9.28. The standard InChI is InChI=1S/C18H23N3O3S/c1-11-7-10-25-15(11)18(23)21-8-5-13(6-9-21)16-19-14(12(2)24-16)17(22)20(3)4/h7,10,13H,5-6,8-9H2,1-4H3. The molecule has 0 N–H and O–H groups in total. The summed E-state index contributed by atoms with van der Waals surface area (Å²) in [5.41, 5.74) is 1.42. The number of thiophene rings is 1. The number of amides is 2. The first kappa shape index (κ1) is 17.7. The van der Waals surface area contributed by atoms with E-state index in [9.17, 15) is 9.59 Å². The van der Waals surface area contributed by atoms with Crippen LogP contribution in [-0.4, -0.2) is 53.8 Å². The lowest BCUT2D eigenvalue weighted by Crippen LogP contribution is -2.37. The van der Waals surface area contributed by atoms with Gasteiger partial charge in [0.1, 0.15) is 5.76 Å². The predicted octanol–water partition coefficient (Wildman–Crippen LogP) is 3.07. The number of piperidine rings is 1. The monoisotopic (exact) mass is 361 g/mol. The lowest BCUT2D eigenvalue weighted by molar-refractivity contribution is 0.0710. The van der Waals surface area contributed by atoms with Gasteiger partial charge in [-0.1, -0.05) is 0 Å². The SMILES string of the molecule is Cc1ccsc1C(=O)N1CCC(c2nc(C(=O)N(C)C)c(C)o2)CC1. The van der Waals surface area contributed by atoms with Crippen molar-refractivity contribution in [1.29, 1.82) is 0 Å². The molecule has 6 nitrogen and oxygen atoms in total. The highest BCUT2D eigenvalue weighted by molar-refractivity contribution is 7.12. The van der Waals surface area contributed by atoms with Crippen molar-refractivity contribution >= 4 is 23.2 Å². The van der Waals surface area contributed by atoms with E-state index in [1.165, 1.54) is 16.2 Å². The zero-order valence-electron chi connectivity index (χ0n) is 15.0. The number of carbonyl (C=O) groups excluding carboxylic acids is 2. The average Bonchev–Trinajstić information content (AvgIpc) is 3.19. The maximum Gasteiger partial charge on any atom is 0.275 e. The van der Waals surface area contributed by atoms with Crippen LogP contribution in [0, 0.1) is 13.8 Å². The number of hydrogen-bond acceptors (Lipinski definition) is 5. The van der Waals surface area contributed by atoms with E-state index < -0.39 is 0 Å². The highest BCUT2D eigenvalue weighted by Gasteiger charge is 2.30. The fourth-order valence-corrected chi connectivity index (χ4v) is 3.96. The van der Waals surface area contributed by atoms with Gasteiger partial charge in [-0.25, -0.2) is 4.98 Å². The number of hydrogen-bond donors (Lipinski definition) is 0. The van der Waals surface area contributed by atoms with Crippen molar-refractivity contribution in [3.63, 3.8) is 0 Å². The van der Waals surface area contributed by atoms with E-state index in [0.717, 1.165) is 23.3 Å². The van der Waals surface area contributed by atoms with Crippen molar-refractivity contribution in [1.82, 2.24) is 14.8 Å². The molecule has 3 heterocycles. The summed E-state index contributed by atoms with van der Waals surface area (Å²) in [6, 6.07) is 1.98. The van der Waals surface area contributed by atoms with Crippen LogP contribution in [0.2, 0.25) is 0 Å². The molecule has 0 spiro atoms. The van der Waals surface area contributed by atoms with Crippen LogP contribution in [0.1, 0.15) is 56.1 Å². The van der Waals surface area contributed by atoms with Gasteiger partial charge in [-0.2, -0.15) is 0 Å². The number of nitrogens with zero attached hydrogens (tertiary/aromatic N) is 3. The Labute approximate surface area is 151 Å². The molecule has 0 atom stereocenters. The Morgan fingerprint density at radius 3 is 2.52 bits per heavy atom. The van der Waals surface area contributed by atoms with Gasteiger partial charge in [-0.3, -0.25) is 9.59 Å². The highest BCUT2D eigenvalue weighted by atomic mass is 32.1. The van der Waals surface area contributed by atoms with Crippen molar-refractivity contribution in [2.75, 3.05) is 27.2 Å². The van der Waals surface area contributed by atoms with Crippen LogP contribution in [-0.2, 0) is 0 Å². The number of oxazole rings is 1. The summed E-state index contributed by atoms with van der Waals surface area (Å²) < 4.78 is 5.75. The summed E-state index contributed by atoms with van der Waals surface area (Å²) >= 11 is 1.50. The molecule has 2 aromatic heterocycles. The second-order valence-corrected chi connectivity index (χ2v) is 7.57. The lowest BCUT2D eigenvalue weighted by Gasteiger charge is -2.30. The van der Waals surface area contributed by atoms with E-state index in [2.05, 4.69) is 4.98 Å². The van der Waals surface area contributed by atoms with Crippen LogP contribution in [0.4, 0.5) is 0 Å². The summed E-state index contributed by atoms with van der Waals surface area (Å²) in [5.74, 6) is 1.28. The van der Waals surface area contributed by atoms with Gasteiger partial charge < -0.3 is 14.2 Å². The molecule has 2 amide bonds. The van der Waals surface area contributed by atoms with Crippen molar-refractivity contribution < 1.29 is 14.0 Å². The number of rotatable bonds is 3. The Balaban J connectivity index is 1.67. The third-order valence-corrected chi connectivity index (χ3v) is 5.61. The Kier molecular flexibility index (Phi) is 4.94. The van der Waals surface area contributed by atoms with Gasteiger partial charge in [0.2, 0.25) is 0 Å². The molecule has 2 aromatic rings. The molecular weight excluding hydrogens is 338 g/mol. The molecule has 0 aromatic carbocycles. The predicted molar refractivity (Wildman–Crippen MR) is 96.2 cm³/mol. The molecule has 25 heavy (non-hydrogen) atoms. The molecule has 1 aliphatic rings. The minimum Gasteiger partial charge on any atom is -0.445 e. The Bertz CT molecular complexity index is 785. The minimum absolute atomic E-state index is 0.109. The van der Waals surface area contributed by atoms with Gasteiger partial charge in [0.15, 0.2) is 11.6 Å². The average molecular weight is 361 g/mol. The van der Waals surface area contributed by atoms with Gasteiger partial charge in [0.05, 0.1) is 4.88 Å². The molecule has 1 saturated heterocycles. The molecule has 1 fully saturated rings. The first-order valence-electron chi connectivity index (χ1n) is 8.40. The molecule has 0 aliphatic carbocycles. The highest BCUT2D eigenvalue weighted by Crippen LogP contribution is 2.30. The molecular formula is C18H23N3O3S. The molecule has 3 rings (SSSR count). The third-order valence-electron chi connectivity index (χ3n) is 4.61. The smallest absolute Gasteiger partial charge is 0.275 e. The molecule has 0 saturated carbocycles. The fraction of sp³-hybridized carbons (Fsp3) is 0.500. The molecule has 134 valence electrons. The second kappa shape index (κ2) is 7.00. The molecule has 1 aliphatic heterocycles. The number of aryl methyl sites for hydroxylation is 2. The van der Waals surface area contributed by atoms with Gasteiger partial charge in [-0.05, 0) is 43.7 Å². The van der Waals surface area contributed by atoms with E-state index >= 15 is 0 Å². The molecule has 0 bridgehead atoms. The number of aromatic nitrogens is 1. The van der Waals surface area contributed by atoms with Gasteiger partial charge in [0.25, 0.3) is 11.8 Å². The van der Waals surface area contributed by atoms with E-state index in [-0.39, 0.29) is 17.7 Å². The van der Waals surface area contributed by atoms with Gasteiger partial charge in [0, 0.05) is 33.1 Å².